The molecule has 1 rings (SSSR count). The Bertz CT molecular complexity index is 365. The van der Waals surface area contributed by atoms with Gasteiger partial charge in [0.1, 0.15) is 0 Å². The number of rotatable bonds is 3. The fourth-order valence-electron chi connectivity index (χ4n) is 1.48. The first-order chi connectivity index (χ1) is 7.92. The average molecular weight is 234 g/mol. The Morgan fingerprint density at radius 1 is 1.35 bits per heavy atom. The van der Waals surface area contributed by atoms with Crippen LogP contribution in [0.5, 0.6) is 0 Å². The minimum absolute atomic E-state index is 0.143. The SMILES string of the molecule is CCN(Cc1ccncc1)C(N)=NC(C)(C)C. The number of hydrogen-bond donors (Lipinski definition) is 1. The Morgan fingerprint density at radius 2 is 1.94 bits per heavy atom. The Morgan fingerprint density at radius 3 is 2.41 bits per heavy atom. The molecule has 0 saturated carbocycles. The van der Waals surface area contributed by atoms with Crippen LogP contribution >= 0.6 is 0 Å². The summed E-state index contributed by atoms with van der Waals surface area (Å²) in [6.45, 7) is 9.81. The zero-order valence-corrected chi connectivity index (χ0v) is 11.1. The first-order valence-corrected chi connectivity index (χ1v) is 5.91. The van der Waals surface area contributed by atoms with Crippen molar-refractivity contribution in [2.24, 2.45) is 10.7 Å². The minimum atomic E-state index is -0.143. The third-order valence-electron chi connectivity index (χ3n) is 2.28. The van der Waals surface area contributed by atoms with Crippen molar-refractivity contribution in [3.63, 3.8) is 0 Å². The fourth-order valence-corrected chi connectivity index (χ4v) is 1.48. The van der Waals surface area contributed by atoms with Crippen LogP contribution in [0.2, 0.25) is 0 Å². The van der Waals surface area contributed by atoms with Gasteiger partial charge >= 0.3 is 0 Å². The Kier molecular flexibility index (Phi) is 4.49. The summed E-state index contributed by atoms with van der Waals surface area (Å²) in [5.74, 6) is 0.594. The summed E-state index contributed by atoms with van der Waals surface area (Å²) in [4.78, 5) is 10.5. The van der Waals surface area contributed by atoms with Crippen molar-refractivity contribution in [1.29, 1.82) is 0 Å². The van der Waals surface area contributed by atoms with Gasteiger partial charge in [0.2, 0.25) is 0 Å². The van der Waals surface area contributed by atoms with Crippen LogP contribution in [0.25, 0.3) is 0 Å². The van der Waals surface area contributed by atoms with E-state index in [1.807, 2.05) is 32.9 Å². The van der Waals surface area contributed by atoms with Crippen molar-refractivity contribution in [2.45, 2.75) is 39.8 Å². The number of guanidine groups is 1. The highest BCUT2D eigenvalue weighted by molar-refractivity contribution is 5.78. The molecule has 0 aliphatic heterocycles. The number of hydrogen-bond acceptors (Lipinski definition) is 2. The Balaban J connectivity index is 2.76. The van der Waals surface area contributed by atoms with Crippen LogP contribution in [0.1, 0.15) is 33.3 Å². The molecule has 0 spiro atoms. The molecule has 0 aliphatic rings. The molecule has 4 heteroatoms. The highest BCUT2D eigenvalue weighted by atomic mass is 15.3. The summed E-state index contributed by atoms with van der Waals surface area (Å²) in [6.07, 6.45) is 3.58. The average Bonchev–Trinajstić information content (AvgIpc) is 2.24. The molecule has 0 amide bonds. The lowest BCUT2D eigenvalue weighted by molar-refractivity contribution is 0.419. The van der Waals surface area contributed by atoms with Gasteiger partial charge in [-0.25, -0.2) is 4.99 Å². The van der Waals surface area contributed by atoms with E-state index in [0.717, 1.165) is 13.1 Å². The molecule has 0 unspecified atom stereocenters. The number of nitrogens with two attached hydrogens (primary N) is 1. The van der Waals surface area contributed by atoms with Gasteiger partial charge in [0.05, 0.1) is 5.54 Å². The Labute approximate surface area is 104 Å². The minimum Gasteiger partial charge on any atom is -0.370 e. The van der Waals surface area contributed by atoms with Crippen molar-refractivity contribution in [3.05, 3.63) is 30.1 Å². The van der Waals surface area contributed by atoms with Crippen LogP contribution in [-0.2, 0) is 6.54 Å². The number of nitrogens with zero attached hydrogens (tertiary/aromatic N) is 3. The van der Waals surface area contributed by atoms with Gasteiger partial charge < -0.3 is 10.6 Å². The normalized spacial score (nSPS) is 12.6. The molecule has 0 aromatic carbocycles. The van der Waals surface area contributed by atoms with Crippen LogP contribution < -0.4 is 5.73 Å². The molecule has 17 heavy (non-hydrogen) atoms. The van der Waals surface area contributed by atoms with Crippen LogP contribution in [0.3, 0.4) is 0 Å². The molecule has 0 fully saturated rings. The standard InChI is InChI=1S/C13H22N4/c1-5-17(12(14)16-13(2,3)4)10-11-6-8-15-9-7-11/h6-9H,5,10H2,1-4H3,(H2,14,16). The second-order valence-electron chi connectivity index (χ2n) is 5.01. The third-order valence-corrected chi connectivity index (χ3v) is 2.28. The van der Waals surface area contributed by atoms with Crippen LogP contribution in [0.15, 0.2) is 29.5 Å². The van der Waals surface area contributed by atoms with E-state index < -0.39 is 0 Å². The van der Waals surface area contributed by atoms with Gasteiger partial charge in [-0.1, -0.05) is 0 Å². The quantitative estimate of drug-likeness (QED) is 0.643. The molecule has 94 valence electrons. The third kappa shape index (κ3) is 4.85. The van der Waals surface area contributed by atoms with Crippen LogP contribution in [0.4, 0.5) is 0 Å². The molecule has 0 atom stereocenters. The second-order valence-corrected chi connectivity index (χ2v) is 5.01. The summed E-state index contributed by atoms with van der Waals surface area (Å²) in [5.41, 5.74) is 7.07. The molecule has 1 heterocycles. The monoisotopic (exact) mass is 234 g/mol. The largest absolute Gasteiger partial charge is 0.370 e. The van der Waals surface area contributed by atoms with Crippen molar-refractivity contribution < 1.29 is 0 Å². The van der Waals surface area contributed by atoms with E-state index in [0.29, 0.717) is 5.96 Å². The number of aliphatic imine (C=N–C) groups is 1. The molecule has 1 aromatic heterocycles. The number of pyridine rings is 1. The summed E-state index contributed by atoms with van der Waals surface area (Å²) in [6, 6.07) is 3.99. The molecule has 0 saturated heterocycles. The van der Waals surface area contributed by atoms with E-state index in [4.69, 9.17) is 5.73 Å². The summed E-state index contributed by atoms with van der Waals surface area (Å²) >= 11 is 0. The van der Waals surface area contributed by atoms with Gasteiger partial charge in [-0.2, -0.15) is 0 Å². The van der Waals surface area contributed by atoms with Gasteiger partial charge in [0, 0.05) is 25.5 Å². The molecule has 0 radical (unpaired) electrons. The summed E-state index contributed by atoms with van der Waals surface area (Å²) < 4.78 is 0. The maximum Gasteiger partial charge on any atom is 0.192 e. The van der Waals surface area contributed by atoms with Gasteiger partial charge in [0.15, 0.2) is 5.96 Å². The molecular weight excluding hydrogens is 212 g/mol. The number of aromatic nitrogens is 1. The maximum absolute atomic E-state index is 6.02. The Hall–Kier alpha value is -1.58. The highest BCUT2D eigenvalue weighted by Crippen LogP contribution is 2.09. The zero-order valence-electron chi connectivity index (χ0n) is 11.1. The van der Waals surface area contributed by atoms with Crippen LogP contribution in [-0.4, -0.2) is 27.9 Å². The lowest BCUT2D eigenvalue weighted by Gasteiger charge is -2.24. The van der Waals surface area contributed by atoms with E-state index in [9.17, 15) is 0 Å². The molecular formula is C13H22N4. The molecule has 2 N–H and O–H groups in total. The van der Waals surface area contributed by atoms with Gasteiger partial charge in [-0.15, -0.1) is 0 Å². The lowest BCUT2D eigenvalue weighted by Crippen LogP contribution is -2.38. The molecule has 1 aromatic rings. The van der Waals surface area contributed by atoms with Crippen molar-refractivity contribution >= 4 is 5.96 Å². The second kappa shape index (κ2) is 5.66. The zero-order chi connectivity index (χ0) is 12.9. The first-order valence-electron chi connectivity index (χ1n) is 5.91. The van der Waals surface area contributed by atoms with Gasteiger partial charge in [0.25, 0.3) is 0 Å². The van der Waals surface area contributed by atoms with E-state index >= 15 is 0 Å². The van der Waals surface area contributed by atoms with Crippen molar-refractivity contribution in [3.8, 4) is 0 Å². The van der Waals surface area contributed by atoms with E-state index in [1.54, 1.807) is 12.4 Å². The molecule has 4 nitrogen and oxygen atoms in total. The predicted octanol–water partition coefficient (Wildman–Crippen LogP) is 2.02. The summed E-state index contributed by atoms with van der Waals surface area (Å²) in [7, 11) is 0. The van der Waals surface area contributed by atoms with E-state index in [-0.39, 0.29) is 5.54 Å². The van der Waals surface area contributed by atoms with Gasteiger partial charge in [-0.05, 0) is 45.4 Å². The molecule has 0 bridgehead atoms. The topological polar surface area (TPSA) is 54.5 Å². The van der Waals surface area contributed by atoms with Crippen LogP contribution in [0, 0.1) is 0 Å². The first kappa shape index (κ1) is 13.5. The van der Waals surface area contributed by atoms with E-state index in [1.165, 1.54) is 5.56 Å². The summed E-state index contributed by atoms with van der Waals surface area (Å²) in [5, 5.41) is 0. The molecule has 0 aliphatic carbocycles. The predicted molar refractivity (Wildman–Crippen MR) is 71.7 cm³/mol. The van der Waals surface area contributed by atoms with E-state index in [2.05, 4.69) is 21.8 Å². The van der Waals surface area contributed by atoms with Gasteiger partial charge in [-0.3, -0.25) is 4.98 Å². The van der Waals surface area contributed by atoms with Crippen molar-refractivity contribution in [2.75, 3.05) is 6.54 Å². The fraction of sp³-hybridized carbons (Fsp3) is 0.538. The maximum atomic E-state index is 6.02. The lowest BCUT2D eigenvalue weighted by atomic mass is 10.1. The highest BCUT2D eigenvalue weighted by Gasteiger charge is 2.12. The smallest absolute Gasteiger partial charge is 0.192 e. The van der Waals surface area contributed by atoms with Crippen molar-refractivity contribution in [1.82, 2.24) is 9.88 Å².